The standard InChI is InChI=1S/C27H21N3O5/c31-22-3-1-2-19(15-22)28-23-16-26(34)30(27(23)35)21-10-6-18(7-11-21)14-17-4-8-20(9-5-17)29-24(32)12-13-25(29)33/h1-13,15,23,28,31H,14,16H2. The number of nitrogens with one attached hydrogen (secondary N) is 1. The van der Waals surface area contributed by atoms with Gasteiger partial charge in [-0.25, -0.2) is 9.80 Å². The van der Waals surface area contributed by atoms with Gasteiger partial charge < -0.3 is 10.4 Å². The van der Waals surface area contributed by atoms with E-state index in [9.17, 15) is 24.3 Å². The van der Waals surface area contributed by atoms with Crippen molar-refractivity contribution in [3.05, 3.63) is 96.1 Å². The molecule has 35 heavy (non-hydrogen) atoms. The zero-order valence-corrected chi connectivity index (χ0v) is 18.5. The monoisotopic (exact) mass is 467 g/mol. The summed E-state index contributed by atoms with van der Waals surface area (Å²) in [5, 5.41) is 12.6. The smallest absolute Gasteiger partial charge is 0.258 e. The molecule has 8 heteroatoms. The number of phenolic OH excluding ortho intramolecular Hbond substituents is 1. The van der Waals surface area contributed by atoms with Gasteiger partial charge in [0.1, 0.15) is 11.8 Å². The summed E-state index contributed by atoms with van der Waals surface area (Å²) in [4.78, 5) is 51.4. The molecular weight excluding hydrogens is 446 g/mol. The fourth-order valence-corrected chi connectivity index (χ4v) is 4.23. The van der Waals surface area contributed by atoms with Gasteiger partial charge in [0, 0.05) is 23.9 Å². The van der Waals surface area contributed by atoms with E-state index in [4.69, 9.17) is 0 Å². The molecule has 0 aliphatic carbocycles. The number of hydrogen-bond acceptors (Lipinski definition) is 6. The van der Waals surface area contributed by atoms with Gasteiger partial charge in [0.05, 0.1) is 17.8 Å². The number of aromatic hydroxyl groups is 1. The summed E-state index contributed by atoms with van der Waals surface area (Å²) in [6.45, 7) is 0. The van der Waals surface area contributed by atoms with Gasteiger partial charge >= 0.3 is 0 Å². The van der Waals surface area contributed by atoms with Gasteiger partial charge in [-0.2, -0.15) is 0 Å². The molecule has 0 aromatic heterocycles. The van der Waals surface area contributed by atoms with E-state index in [2.05, 4.69) is 5.32 Å². The Kier molecular flexibility index (Phi) is 5.62. The molecule has 0 saturated carbocycles. The maximum absolute atomic E-state index is 12.9. The van der Waals surface area contributed by atoms with Crippen molar-refractivity contribution in [2.45, 2.75) is 18.9 Å². The van der Waals surface area contributed by atoms with Crippen LogP contribution < -0.4 is 15.1 Å². The SMILES string of the molecule is O=C1C=CC(=O)N1c1ccc(Cc2ccc(N3C(=O)CC(Nc4cccc(O)c4)C3=O)cc2)cc1. The molecule has 0 bridgehead atoms. The van der Waals surface area contributed by atoms with Crippen LogP contribution in [0.2, 0.25) is 0 Å². The lowest BCUT2D eigenvalue weighted by molar-refractivity contribution is -0.122. The summed E-state index contributed by atoms with van der Waals surface area (Å²) in [6.07, 6.45) is 3.13. The highest BCUT2D eigenvalue weighted by Gasteiger charge is 2.39. The second-order valence-electron chi connectivity index (χ2n) is 8.37. The Morgan fingerprint density at radius 1 is 0.771 bits per heavy atom. The highest BCUT2D eigenvalue weighted by molar-refractivity contribution is 6.28. The Bertz CT molecular complexity index is 1340. The minimum Gasteiger partial charge on any atom is -0.508 e. The maximum Gasteiger partial charge on any atom is 0.258 e. The van der Waals surface area contributed by atoms with Gasteiger partial charge in [-0.3, -0.25) is 19.2 Å². The first kappa shape index (κ1) is 22.1. The third kappa shape index (κ3) is 4.41. The lowest BCUT2D eigenvalue weighted by Gasteiger charge is -2.17. The fraction of sp³-hybridized carbons (Fsp3) is 0.111. The van der Waals surface area contributed by atoms with Crippen molar-refractivity contribution in [3.8, 4) is 5.75 Å². The first-order valence-electron chi connectivity index (χ1n) is 11.1. The summed E-state index contributed by atoms with van der Waals surface area (Å²) in [6, 6.07) is 20.1. The van der Waals surface area contributed by atoms with Gasteiger partial charge in [0.25, 0.3) is 17.7 Å². The molecule has 0 spiro atoms. The molecule has 8 nitrogen and oxygen atoms in total. The molecule has 4 amide bonds. The molecule has 1 saturated heterocycles. The zero-order valence-electron chi connectivity index (χ0n) is 18.5. The van der Waals surface area contributed by atoms with E-state index in [1.807, 2.05) is 24.3 Å². The molecule has 1 atom stereocenters. The normalized spacial score (nSPS) is 17.5. The minimum absolute atomic E-state index is 0.0279. The molecule has 1 unspecified atom stereocenters. The molecule has 3 aromatic carbocycles. The molecule has 2 aliphatic heterocycles. The zero-order chi connectivity index (χ0) is 24.5. The number of imide groups is 2. The number of nitrogens with zero attached hydrogens (tertiary/aromatic N) is 2. The van der Waals surface area contributed by atoms with E-state index in [0.29, 0.717) is 23.5 Å². The Labute approximate surface area is 201 Å². The first-order valence-corrected chi connectivity index (χ1v) is 11.1. The fourth-order valence-electron chi connectivity index (χ4n) is 4.23. The third-order valence-electron chi connectivity index (χ3n) is 5.94. The van der Waals surface area contributed by atoms with Crippen molar-refractivity contribution in [1.29, 1.82) is 0 Å². The van der Waals surface area contributed by atoms with Crippen LogP contribution in [0.5, 0.6) is 5.75 Å². The van der Waals surface area contributed by atoms with Crippen LogP contribution in [0.4, 0.5) is 17.1 Å². The number of carbonyl (C=O) groups is 4. The lowest BCUT2D eigenvalue weighted by atomic mass is 10.0. The number of rotatable bonds is 6. The van der Waals surface area contributed by atoms with Crippen molar-refractivity contribution in [2.24, 2.45) is 0 Å². The minimum atomic E-state index is -0.702. The van der Waals surface area contributed by atoms with Crippen LogP contribution in [-0.2, 0) is 25.6 Å². The van der Waals surface area contributed by atoms with Crippen molar-refractivity contribution < 1.29 is 24.3 Å². The van der Waals surface area contributed by atoms with E-state index < -0.39 is 6.04 Å². The predicted octanol–water partition coefficient (Wildman–Crippen LogP) is 3.16. The summed E-state index contributed by atoms with van der Waals surface area (Å²) >= 11 is 0. The van der Waals surface area contributed by atoms with Gasteiger partial charge in [-0.1, -0.05) is 30.3 Å². The molecule has 1 fully saturated rings. The van der Waals surface area contributed by atoms with Crippen molar-refractivity contribution in [3.63, 3.8) is 0 Å². The molecule has 2 aliphatic rings. The molecule has 2 N–H and O–H groups in total. The van der Waals surface area contributed by atoms with E-state index in [1.165, 1.54) is 29.2 Å². The first-order chi connectivity index (χ1) is 16.9. The summed E-state index contributed by atoms with van der Waals surface area (Å²) in [5.41, 5.74) is 3.54. The summed E-state index contributed by atoms with van der Waals surface area (Å²) < 4.78 is 0. The molecule has 5 rings (SSSR count). The summed E-state index contributed by atoms with van der Waals surface area (Å²) in [7, 11) is 0. The highest BCUT2D eigenvalue weighted by Crippen LogP contribution is 2.27. The Hall–Kier alpha value is -4.72. The third-order valence-corrected chi connectivity index (χ3v) is 5.94. The maximum atomic E-state index is 12.9. The molecule has 174 valence electrons. The van der Waals surface area contributed by atoms with Crippen LogP contribution in [0, 0.1) is 0 Å². The molecule has 0 radical (unpaired) electrons. The molecule has 3 aromatic rings. The van der Waals surface area contributed by atoms with E-state index in [-0.39, 0.29) is 35.8 Å². The quantitative estimate of drug-likeness (QED) is 0.540. The van der Waals surface area contributed by atoms with E-state index >= 15 is 0 Å². The number of anilines is 3. The Balaban J connectivity index is 1.25. The molecular formula is C27H21N3O5. The average Bonchev–Trinajstić information content (AvgIpc) is 3.32. The van der Waals surface area contributed by atoms with Crippen molar-refractivity contribution in [1.82, 2.24) is 0 Å². The Morgan fingerprint density at radius 2 is 1.34 bits per heavy atom. The number of hydrogen-bond donors (Lipinski definition) is 2. The highest BCUT2D eigenvalue weighted by atomic mass is 16.3. The van der Waals surface area contributed by atoms with E-state index in [1.54, 1.807) is 36.4 Å². The van der Waals surface area contributed by atoms with Gasteiger partial charge in [-0.05, 0) is 53.9 Å². The van der Waals surface area contributed by atoms with Crippen LogP contribution in [0.3, 0.4) is 0 Å². The second-order valence-corrected chi connectivity index (χ2v) is 8.37. The van der Waals surface area contributed by atoms with Gasteiger partial charge in [0.15, 0.2) is 0 Å². The van der Waals surface area contributed by atoms with Crippen LogP contribution in [0.1, 0.15) is 17.5 Å². The largest absolute Gasteiger partial charge is 0.508 e. The van der Waals surface area contributed by atoms with Crippen molar-refractivity contribution in [2.75, 3.05) is 15.1 Å². The predicted molar refractivity (Wildman–Crippen MR) is 130 cm³/mol. The van der Waals surface area contributed by atoms with E-state index in [0.717, 1.165) is 16.0 Å². The molecule has 2 heterocycles. The van der Waals surface area contributed by atoms with Gasteiger partial charge in [-0.15, -0.1) is 0 Å². The number of amides is 4. The number of phenols is 1. The van der Waals surface area contributed by atoms with Crippen LogP contribution >= 0.6 is 0 Å². The number of carbonyl (C=O) groups excluding carboxylic acids is 4. The summed E-state index contributed by atoms with van der Waals surface area (Å²) in [5.74, 6) is -1.28. The van der Waals surface area contributed by atoms with Crippen LogP contribution in [-0.4, -0.2) is 34.8 Å². The van der Waals surface area contributed by atoms with Crippen LogP contribution in [0.15, 0.2) is 84.9 Å². The number of benzene rings is 3. The lowest BCUT2D eigenvalue weighted by Crippen LogP contribution is -2.34. The van der Waals surface area contributed by atoms with Crippen LogP contribution in [0.25, 0.3) is 0 Å². The van der Waals surface area contributed by atoms with Crippen molar-refractivity contribution >= 4 is 40.7 Å². The Morgan fingerprint density at radius 3 is 1.91 bits per heavy atom. The topological polar surface area (TPSA) is 107 Å². The van der Waals surface area contributed by atoms with Gasteiger partial charge in [0.2, 0.25) is 5.91 Å². The second kappa shape index (κ2) is 8.90. The average molecular weight is 467 g/mol.